The molecular weight excluding hydrogens is 292 g/mol. The Morgan fingerprint density at radius 1 is 1.41 bits per heavy atom. The van der Waals surface area contributed by atoms with Crippen molar-refractivity contribution in [3.63, 3.8) is 0 Å². The Balaban J connectivity index is 1.78. The summed E-state index contributed by atoms with van der Waals surface area (Å²) in [7, 11) is 0. The Morgan fingerprint density at radius 3 is 2.91 bits per heavy atom. The first kappa shape index (κ1) is 15.3. The largest absolute Gasteiger partial charge is 0.371 e. The van der Waals surface area contributed by atoms with Crippen molar-refractivity contribution in [1.29, 1.82) is 0 Å². The molecule has 1 saturated heterocycles. The van der Waals surface area contributed by atoms with Gasteiger partial charge < -0.3 is 4.90 Å². The number of piperidine rings is 1. The molecule has 22 heavy (non-hydrogen) atoms. The Bertz CT molecular complexity index is 668. The molecule has 0 bridgehead atoms. The van der Waals surface area contributed by atoms with Gasteiger partial charge in [-0.05, 0) is 50.3 Å². The summed E-state index contributed by atoms with van der Waals surface area (Å²) in [4.78, 5) is 7.09. The maximum atomic E-state index is 4.60. The zero-order valence-electron chi connectivity index (χ0n) is 13.6. The highest BCUT2D eigenvalue weighted by Gasteiger charge is 2.16. The first-order chi connectivity index (χ1) is 10.7. The minimum atomic E-state index is 0.860. The molecule has 2 heterocycles. The lowest BCUT2D eigenvalue weighted by Crippen LogP contribution is -2.32. The van der Waals surface area contributed by atoms with Gasteiger partial charge >= 0.3 is 0 Å². The van der Waals surface area contributed by atoms with Gasteiger partial charge in [0.2, 0.25) is 5.13 Å². The van der Waals surface area contributed by atoms with Crippen LogP contribution in [-0.4, -0.2) is 23.8 Å². The average Bonchev–Trinajstić information content (AvgIpc) is 2.95. The molecule has 1 fully saturated rings. The van der Waals surface area contributed by atoms with E-state index in [2.05, 4.69) is 52.5 Å². The third-order valence-electron chi connectivity index (χ3n) is 4.37. The van der Waals surface area contributed by atoms with Gasteiger partial charge in [0, 0.05) is 24.5 Å². The fourth-order valence-corrected chi connectivity index (χ4v) is 3.49. The predicted octanol–water partition coefficient (Wildman–Crippen LogP) is 4.73. The number of hydrazone groups is 1. The van der Waals surface area contributed by atoms with E-state index in [1.54, 1.807) is 11.3 Å². The number of hydrogen-bond donors (Lipinski definition) is 1. The normalized spacial score (nSPS) is 17.2. The molecule has 0 radical (unpaired) electrons. The Kier molecular flexibility index (Phi) is 4.62. The second-order valence-electron chi connectivity index (χ2n) is 6.15. The van der Waals surface area contributed by atoms with Crippen LogP contribution in [0.25, 0.3) is 10.2 Å². The van der Waals surface area contributed by atoms with E-state index in [9.17, 15) is 0 Å². The summed E-state index contributed by atoms with van der Waals surface area (Å²) in [6.07, 6.45) is 3.53. The number of hydrogen-bond acceptors (Lipinski definition) is 5. The van der Waals surface area contributed by atoms with Crippen LogP contribution in [0.3, 0.4) is 0 Å². The van der Waals surface area contributed by atoms with E-state index in [4.69, 9.17) is 0 Å². The van der Waals surface area contributed by atoms with Gasteiger partial charge in [0.15, 0.2) is 0 Å². The molecule has 0 aliphatic carbocycles. The van der Waals surface area contributed by atoms with Crippen LogP contribution in [0, 0.1) is 5.92 Å². The van der Waals surface area contributed by atoms with Gasteiger partial charge in [-0.3, -0.25) is 5.43 Å². The number of anilines is 2. The maximum absolute atomic E-state index is 4.60. The van der Waals surface area contributed by atoms with Crippen molar-refractivity contribution in [2.75, 3.05) is 23.4 Å². The van der Waals surface area contributed by atoms with Gasteiger partial charge in [-0.2, -0.15) is 5.10 Å². The molecule has 118 valence electrons. The molecule has 2 aromatic rings. The summed E-state index contributed by atoms with van der Waals surface area (Å²) in [5.74, 6) is 0.860. The first-order valence-corrected chi connectivity index (χ1v) is 8.92. The standard InChI is InChI=1S/C17H24N4S/c1-4-13(3)19-20-17-18-15-6-5-14(11-16(15)22-17)21-9-7-12(2)8-10-21/h5-6,11-12H,4,7-10H2,1-3H3,(H,18,20)/b19-13+. The summed E-state index contributed by atoms with van der Waals surface area (Å²) in [6.45, 7) is 8.80. The number of aromatic nitrogens is 1. The maximum Gasteiger partial charge on any atom is 0.204 e. The van der Waals surface area contributed by atoms with Crippen molar-refractivity contribution in [2.24, 2.45) is 11.0 Å². The second-order valence-corrected chi connectivity index (χ2v) is 7.18. The molecule has 1 aliphatic rings. The monoisotopic (exact) mass is 316 g/mol. The predicted molar refractivity (Wildman–Crippen MR) is 97.3 cm³/mol. The SMILES string of the molecule is CC/C(C)=N/Nc1nc2ccc(N3CCC(C)CC3)cc2s1. The van der Waals surface area contributed by atoms with E-state index in [0.717, 1.165) is 41.8 Å². The lowest BCUT2D eigenvalue weighted by molar-refractivity contribution is 0.438. The van der Waals surface area contributed by atoms with Gasteiger partial charge in [-0.15, -0.1) is 0 Å². The minimum Gasteiger partial charge on any atom is -0.371 e. The Morgan fingerprint density at radius 2 is 2.18 bits per heavy atom. The molecule has 0 saturated carbocycles. The van der Waals surface area contributed by atoms with Crippen molar-refractivity contribution in [1.82, 2.24) is 4.98 Å². The topological polar surface area (TPSA) is 40.5 Å². The molecule has 5 heteroatoms. The molecule has 0 atom stereocenters. The number of benzene rings is 1. The van der Waals surface area contributed by atoms with Crippen LogP contribution >= 0.6 is 11.3 Å². The molecule has 3 rings (SSSR count). The van der Waals surface area contributed by atoms with Gasteiger partial charge in [0.25, 0.3) is 0 Å². The summed E-state index contributed by atoms with van der Waals surface area (Å²) in [6, 6.07) is 6.59. The molecular formula is C17H24N4S. The van der Waals surface area contributed by atoms with Crippen LogP contribution in [0.1, 0.15) is 40.0 Å². The highest BCUT2D eigenvalue weighted by Crippen LogP contribution is 2.31. The van der Waals surface area contributed by atoms with Crippen molar-refractivity contribution < 1.29 is 0 Å². The van der Waals surface area contributed by atoms with Gasteiger partial charge in [-0.1, -0.05) is 25.2 Å². The minimum absolute atomic E-state index is 0.860. The average molecular weight is 316 g/mol. The van der Waals surface area contributed by atoms with E-state index in [1.807, 2.05) is 6.92 Å². The first-order valence-electron chi connectivity index (χ1n) is 8.10. The molecule has 0 amide bonds. The lowest BCUT2D eigenvalue weighted by Gasteiger charge is -2.32. The van der Waals surface area contributed by atoms with Gasteiger partial charge in [-0.25, -0.2) is 4.98 Å². The molecule has 0 spiro atoms. The number of thiazole rings is 1. The highest BCUT2D eigenvalue weighted by molar-refractivity contribution is 7.22. The van der Waals surface area contributed by atoms with Crippen LogP contribution in [0.15, 0.2) is 23.3 Å². The highest BCUT2D eigenvalue weighted by atomic mass is 32.1. The van der Waals surface area contributed by atoms with Crippen molar-refractivity contribution in [3.05, 3.63) is 18.2 Å². The quantitative estimate of drug-likeness (QED) is 0.655. The molecule has 1 aromatic heterocycles. The van der Waals surface area contributed by atoms with E-state index >= 15 is 0 Å². The number of rotatable bonds is 4. The van der Waals surface area contributed by atoms with E-state index < -0.39 is 0 Å². The third kappa shape index (κ3) is 3.40. The summed E-state index contributed by atoms with van der Waals surface area (Å²) in [5, 5.41) is 5.20. The van der Waals surface area contributed by atoms with Crippen LogP contribution in [0.4, 0.5) is 10.8 Å². The molecule has 4 nitrogen and oxygen atoms in total. The fourth-order valence-electron chi connectivity index (χ4n) is 2.65. The molecule has 1 aromatic carbocycles. The van der Waals surface area contributed by atoms with Crippen molar-refractivity contribution in [3.8, 4) is 0 Å². The third-order valence-corrected chi connectivity index (χ3v) is 5.30. The van der Waals surface area contributed by atoms with E-state index in [-0.39, 0.29) is 0 Å². The lowest BCUT2D eigenvalue weighted by atomic mass is 9.99. The Labute approximate surface area is 136 Å². The molecule has 1 N–H and O–H groups in total. The van der Waals surface area contributed by atoms with Crippen molar-refractivity contribution in [2.45, 2.75) is 40.0 Å². The van der Waals surface area contributed by atoms with E-state index in [0.29, 0.717) is 0 Å². The van der Waals surface area contributed by atoms with Crippen LogP contribution in [0.5, 0.6) is 0 Å². The summed E-state index contributed by atoms with van der Waals surface area (Å²) >= 11 is 1.67. The molecule has 0 unspecified atom stereocenters. The molecule has 1 aliphatic heterocycles. The Hall–Kier alpha value is -1.62. The van der Waals surface area contributed by atoms with Gasteiger partial charge in [0.1, 0.15) is 0 Å². The number of nitrogens with zero attached hydrogens (tertiary/aromatic N) is 3. The van der Waals surface area contributed by atoms with Crippen molar-refractivity contribution >= 4 is 38.1 Å². The van der Waals surface area contributed by atoms with Gasteiger partial charge in [0.05, 0.1) is 10.2 Å². The zero-order valence-corrected chi connectivity index (χ0v) is 14.4. The van der Waals surface area contributed by atoms with Crippen LogP contribution in [0.2, 0.25) is 0 Å². The van der Waals surface area contributed by atoms with Crippen LogP contribution < -0.4 is 10.3 Å². The summed E-state index contributed by atoms with van der Waals surface area (Å²) in [5.41, 5.74) is 6.53. The smallest absolute Gasteiger partial charge is 0.204 e. The van der Waals surface area contributed by atoms with E-state index in [1.165, 1.54) is 23.2 Å². The fraction of sp³-hybridized carbons (Fsp3) is 0.529. The summed E-state index contributed by atoms with van der Waals surface area (Å²) < 4.78 is 1.22. The number of nitrogens with one attached hydrogen (secondary N) is 1. The second kappa shape index (κ2) is 6.65. The van der Waals surface area contributed by atoms with Crippen LogP contribution in [-0.2, 0) is 0 Å². The zero-order chi connectivity index (χ0) is 15.5. The number of fused-ring (bicyclic) bond motifs is 1.